The highest BCUT2D eigenvalue weighted by atomic mass is 35.5. The summed E-state index contributed by atoms with van der Waals surface area (Å²) in [5, 5.41) is 11.6. The third-order valence-electron chi connectivity index (χ3n) is 2.96. The average Bonchev–Trinajstić information content (AvgIpc) is 3.03. The molecule has 1 unspecified atom stereocenters. The van der Waals surface area contributed by atoms with Gasteiger partial charge in [-0.15, -0.1) is 0 Å². The SMILES string of the molecule is CCOCn1cc(NC(=O)C(C)n2cc(Cl)c(C)n2)cn1. The van der Waals surface area contributed by atoms with Crippen LogP contribution < -0.4 is 5.32 Å². The topological polar surface area (TPSA) is 74.0 Å². The van der Waals surface area contributed by atoms with E-state index in [1.165, 1.54) is 4.68 Å². The van der Waals surface area contributed by atoms with Gasteiger partial charge in [0.1, 0.15) is 12.8 Å². The molecule has 0 aliphatic carbocycles. The van der Waals surface area contributed by atoms with Gasteiger partial charge in [0.05, 0.1) is 28.8 Å². The lowest BCUT2D eigenvalue weighted by molar-refractivity contribution is -0.119. The lowest BCUT2D eigenvalue weighted by Crippen LogP contribution is -2.23. The van der Waals surface area contributed by atoms with Gasteiger partial charge in [0.25, 0.3) is 0 Å². The molecule has 7 nitrogen and oxygen atoms in total. The van der Waals surface area contributed by atoms with E-state index in [9.17, 15) is 4.79 Å². The summed E-state index contributed by atoms with van der Waals surface area (Å²) in [5.74, 6) is -0.190. The molecule has 2 aromatic heterocycles. The standard InChI is InChI=1S/C13H18ClN5O2/c1-4-21-8-18-6-11(5-15-18)16-13(20)10(3)19-7-12(14)9(2)17-19/h5-7,10H,4,8H2,1-3H3,(H,16,20). The second kappa shape index (κ2) is 6.73. The van der Waals surface area contributed by atoms with E-state index in [0.29, 0.717) is 29.7 Å². The molecule has 2 aromatic rings. The molecule has 0 aliphatic heterocycles. The first-order valence-corrected chi connectivity index (χ1v) is 7.01. The van der Waals surface area contributed by atoms with Gasteiger partial charge < -0.3 is 10.1 Å². The van der Waals surface area contributed by atoms with Crippen LogP contribution in [0.25, 0.3) is 0 Å². The monoisotopic (exact) mass is 311 g/mol. The van der Waals surface area contributed by atoms with Crippen molar-refractivity contribution in [2.24, 2.45) is 0 Å². The zero-order valence-corrected chi connectivity index (χ0v) is 13.0. The first-order chi connectivity index (χ1) is 10.0. The first kappa shape index (κ1) is 15.5. The largest absolute Gasteiger partial charge is 0.360 e. The highest BCUT2D eigenvalue weighted by molar-refractivity contribution is 6.31. The van der Waals surface area contributed by atoms with Crippen molar-refractivity contribution in [1.29, 1.82) is 0 Å². The van der Waals surface area contributed by atoms with Crippen LogP contribution in [-0.4, -0.2) is 32.1 Å². The molecule has 8 heteroatoms. The van der Waals surface area contributed by atoms with Crippen LogP contribution >= 0.6 is 11.6 Å². The number of carbonyl (C=O) groups excluding carboxylic acids is 1. The minimum absolute atomic E-state index is 0.190. The number of halogens is 1. The van der Waals surface area contributed by atoms with Crippen LogP contribution in [0.1, 0.15) is 25.6 Å². The van der Waals surface area contributed by atoms with Crippen molar-refractivity contribution in [2.45, 2.75) is 33.5 Å². The van der Waals surface area contributed by atoms with E-state index < -0.39 is 6.04 Å². The quantitative estimate of drug-likeness (QED) is 0.888. The summed E-state index contributed by atoms with van der Waals surface area (Å²) in [7, 11) is 0. The van der Waals surface area contributed by atoms with Crippen molar-refractivity contribution in [2.75, 3.05) is 11.9 Å². The molecule has 0 saturated carbocycles. The Morgan fingerprint density at radius 2 is 2.29 bits per heavy atom. The lowest BCUT2D eigenvalue weighted by atomic mass is 10.3. The minimum atomic E-state index is -0.466. The number of amides is 1. The van der Waals surface area contributed by atoms with Gasteiger partial charge in [-0.1, -0.05) is 11.6 Å². The number of anilines is 1. The molecule has 0 aliphatic rings. The summed E-state index contributed by atoms with van der Waals surface area (Å²) in [6.07, 6.45) is 4.92. The number of ether oxygens (including phenoxy) is 1. The summed E-state index contributed by atoms with van der Waals surface area (Å²) in [6.45, 7) is 6.42. The normalized spacial score (nSPS) is 12.4. The molecule has 0 fully saturated rings. The second-order valence-corrected chi connectivity index (χ2v) is 5.01. The third kappa shape index (κ3) is 3.83. The Bertz CT molecular complexity index is 602. The second-order valence-electron chi connectivity index (χ2n) is 4.60. The Hall–Kier alpha value is -1.86. The molecule has 0 bridgehead atoms. The number of carbonyl (C=O) groups is 1. The number of aromatic nitrogens is 4. The van der Waals surface area contributed by atoms with Crippen LogP contribution in [0.5, 0.6) is 0 Å². The van der Waals surface area contributed by atoms with Gasteiger partial charge in [0.2, 0.25) is 5.91 Å². The van der Waals surface area contributed by atoms with E-state index in [-0.39, 0.29) is 5.91 Å². The van der Waals surface area contributed by atoms with E-state index in [4.69, 9.17) is 16.3 Å². The average molecular weight is 312 g/mol. The molecule has 21 heavy (non-hydrogen) atoms. The van der Waals surface area contributed by atoms with Crippen molar-refractivity contribution < 1.29 is 9.53 Å². The maximum Gasteiger partial charge on any atom is 0.249 e. The minimum Gasteiger partial charge on any atom is -0.360 e. The summed E-state index contributed by atoms with van der Waals surface area (Å²) >= 11 is 5.95. The summed E-state index contributed by atoms with van der Waals surface area (Å²) in [6, 6.07) is -0.466. The molecular weight excluding hydrogens is 294 g/mol. The van der Waals surface area contributed by atoms with Gasteiger partial charge in [0.15, 0.2) is 0 Å². The van der Waals surface area contributed by atoms with Gasteiger partial charge >= 0.3 is 0 Å². The fourth-order valence-electron chi connectivity index (χ4n) is 1.71. The predicted molar refractivity (Wildman–Crippen MR) is 79.2 cm³/mol. The van der Waals surface area contributed by atoms with E-state index in [0.717, 1.165) is 0 Å². The lowest BCUT2D eigenvalue weighted by Gasteiger charge is -2.11. The van der Waals surface area contributed by atoms with Crippen LogP contribution in [0.2, 0.25) is 5.02 Å². The number of hydrogen-bond donors (Lipinski definition) is 1. The summed E-state index contributed by atoms with van der Waals surface area (Å²) in [5.41, 5.74) is 1.31. The molecule has 0 spiro atoms. The molecule has 0 saturated heterocycles. The van der Waals surface area contributed by atoms with Crippen molar-refractivity contribution in [3.05, 3.63) is 29.3 Å². The van der Waals surface area contributed by atoms with Crippen molar-refractivity contribution >= 4 is 23.2 Å². The van der Waals surface area contributed by atoms with Gasteiger partial charge in [0, 0.05) is 12.8 Å². The van der Waals surface area contributed by atoms with Crippen LogP contribution in [-0.2, 0) is 16.3 Å². The van der Waals surface area contributed by atoms with Crippen molar-refractivity contribution in [1.82, 2.24) is 19.6 Å². The molecule has 1 atom stereocenters. The first-order valence-electron chi connectivity index (χ1n) is 6.63. The number of hydrogen-bond acceptors (Lipinski definition) is 4. The Labute approximate surface area is 127 Å². The van der Waals surface area contributed by atoms with Gasteiger partial charge in [-0.25, -0.2) is 4.68 Å². The molecule has 0 aromatic carbocycles. The van der Waals surface area contributed by atoms with E-state index in [1.807, 2.05) is 6.92 Å². The van der Waals surface area contributed by atoms with Gasteiger partial charge in [-0.3, -0.25) is 9.48 Å². The smallest absolute Gasteiger partial charge is 0.249 e. The molecule has 1 N–H and O–H groups in total. The number of nitrogens with zero attached hydrogens (tertiary/aromatic N) is 4. The molecule has 0 radical (unpaired) electrons. The van der Waals surface area contributed by atoms with Gasteiger partial charge in [-0.2, -0.15) is 10.2 Å². The Balaban J connectivity index is 1.98. The van der Waals surface area contributed by atoms with Crippen molar-refractivity contribution in [3.63, 3.8) is 0 Å². The van der Waals surface area contributed by atoms with Crippen molar-refractivity contribution in [3.8, 4) is 0 Å². The summed E-state index contributed by atoms with van der Waals surface area (Å²) < 4.78 is 8.38. The third-order valence-corrected chi connectivity index (χ3v) is 3.33. The number of aryl methyl sites for hydroxylation is 1. The fraction of sp³-hybridized carbons (Fsp3) is 0.462. The van der Waals surface area contributed by atoms with E-state index in [1.54, 1.807) is 37.1 Å². The van der Waals surface area contributed by atoms with Crippen LogP contribution in [0.15, 0.2) is 18.6 Å². The summed E-state index contributed by atoms with van der Waals surface area (Å²) in [4.78, 5) is 12.2. The van der Waals surface area contributed by atoms with E-state index >= 15 is 0 Å². The Kier molecular flexibility index (Phi) is 4.98. The molecule has 114 valence electrons. The van der Waals surface area contributed by atoms with E-state index in [2.05, 4.69) is 15.5 Å². The fourth-order valence-corrected chi connectivity index (χ4v) is 1.85. The molecule has 2 heterocycles. The van der Waals surface area contributed by atoms with Crippen LogP contribution in [0, 0.1) is 6.92 Å². The predicted octanol–water partition coefficient (Wildman–Crippen LogP) is 2.24. The van der Waals surface area contributed by atoms with Gasteiger partial charge in [-0.05, 0) is 20.8 Å². The number of nitrogens with one attached hydrogen (secondary N) is 1. The number of rotatable bonds is 6. The maximum absolute atomic E-state index is 12.2. The Morgan fingerprint density at radius 1 is 1.52 bits per heavy atom. The highest BCUT2D eigenvalue weighted by Crippen LogP contribution is 2.17. The zero-order valence-electron chi connectivity index (χ0n) is 12.2. The molecule has 2 rings (SSSR count). The molecule has 1 amide bonds. The van der Waals surface area contributed by atoms with Crippen LogP contribution in [0.4, 0.5) is 5.69 Å². The Morgan fingerprint density at radius 3 is 2.90 bits per heavy atom. The highest BCUT2D eigenvalue weighted by Gasteiger charge is 2.17. The molecular formula is C13H18ClN5O2. The van der Waals surface area contributed by atoms with Crippen LogP contribution in [0.3, 0.4) is 0 Å². The maximum atomic E-state index is 12.2. The zero-order chi connectivity index (χ0) is 15.4.